The molecule has 1 atom stereocenters. The zero-order chi connectivity index (χ0) is 14.0. The molecule has 1 fully saturated rings. The largest absolute Gasteiger partial charge is 0.353 e. The number of nitrogens with one attached hydrogen (secondary N) is 1. The fourth-order valence-electron chi connectivity index (χ4n) is 2.27. The number of hydrogen-bond donors (Lipinski definition) is 1. The molecule has 0 spiro atoms. The minimum absolute atomic E-state index is 0.0875. The summed E-state index contributed by atoms with van der Waals surface area (Å²) >= 11 is 0. The van der Waals surface area contributed by atoms with Crippen LogP contribution in [0.25, 0.3) is 0 Å². The Balaban J connectivity index is 2.32. The van der Waals surface area contributed by atoms with Crippen LogP contribution in [0.15, 0.2) is 12.3 Å². The van der Waals surface area contributed by atoms with Gasteiger partial charge < -0.3 is 10.2 Å². The predicted octanol–water partition coefficient (Wildman–Crippen LogP) is 1.49. The minimum Gasteiger partial charge on any atom is -0.353 e. The SMILES string of the molecule is CC[C@@H]1C(=O)NCCN1c1ccnc(C(C)(C)C)n1. The smallest absolute Gasteiger partial charge is 0.242 e. The highest BCUT2D eigenvalue weighted by molar-refractivity contribution is 5.86. The molecular weight excluding hydrogens is 240 g/mol. The molecule has 1 aromatic rings. The monoisotopic (exact) mass is 262 g/mol. The van der Waals surface area contributed by atoms with Gasteiger partial charge in [0.05, 0.1) is 0 Å². The van der Waals surface area contributed by atoms with E-state index < -0.39 is 0 Å². The molecule has 0 aliphatic carbocycles. The summed E-state index contributed by atoms with van der Waals surface area (Å²) < 4.78 is 0. The first-order valence-corrected chi connectivity index (χ1v) is 6.81. The Kier molecular flexibility index (Phi) is 3.73. The highest BCUT2D eigenvalue weighted by atomic mass is 16.2. The van der Waals surface area contributed by atoms with Gasteiger partial charge in [0, 0.05) is 24.7 Å². The van der Waals surface area contributed by atoms with Gasteiger partial charge in [-0.25, -0.2) is 9.97 Å². The molecule has 1 aromatic heterocycles. The van der Waals surface area contributed by atoms with E-state index in [9.17, 15) is 4.79 Å². The standard InChI is InChI=1S/C14H22N4O/c1-5-10-12(19)15-8-9-18(10)11-6-7-16-13(17-11)14(2,3)4/h6-7,10H,5,8-9H2,1-4H3,(H,15,19)/t10-/m1/s1. The van der Waals surface area contributed by atoms with Crippen LogP contribution >= 0.6 is 0 Å². The van der Waals surface area contributed by atoms with E-state index in [1.54, 1.807) is 6.20 Å². The normalized spacial score (nSPS) is 20.3. The predicted molar refractivity (Wildman–Crippen MR) is 75.2 cm³/mol. The lowest BCUT2D eigenvalue weighted by Gasteiger charge is -2.35. The molecule has 0 bridgehead atoms. The van der Waals surface area contributed by atoms with Crippen molar-refractivity contribution in [3.8, 4) is 0 Å². The summed E-state index contributed by atoms with van der Waals surface area (Å²) in [5.41, 5.74) is -0.0875. The van der Waals surface area contributed by atoms with Gasteiger partial charge in [-0.15, -0.1) is 0 Å². The van der Waals surface area contributed by atoms with Crippen LogP contribution in [0.5, 0.6) is 0 Å². The fraction of sp³-hybridized carbons (Fsp3) is 0.643. The van der Waals surface area contributed by atoms with Gasteiger partial charge in [-0.2, -0.15) is 0 Å². The number of aromatic nitrogens is 2. The Morgan fingerprint density at radius 1 is 1.47 bits per heavy atom. The number of piperazine rings is 1. The molecule has 104 valence electrons. The molecule has 1 saturated heterocycles. The molecule has 1 N–H and O–H groups in total. The van der Waals surface area contributed by atoms with Gasteiger partial charge in [0.2, 0.25) is 5.91 Å². The van der Waals surface area contributed by atoms with Crippen molar-refractivity contribution in [2.75, 3.05) is 18.0 Å². The molecule has 0 saturated carbocycles. The lowest BCUT2D eigenvalue weighted by Crippen LogP contribution is -2.55. The van der Waals surface area contributed by atoms with E-state index in [0.717, 1.165) is 24.6 Å². The number of nitrogens with zero attached hydrogens (tertiary/aromatic N) is 3. The first-order chi connectivity index (χ1) is 8.93. The Bertz CT molecular complexity index is 467. The second-order valence-corrected chi connectivity index (χ2v) is 5.90. The zero-order valence-corrected chi connectivity index (χ0v) is 12.1. The number of hydrogen-bond acceptors (Lipinski definition) is 4. The quantitative estimate of drug-likeness (QED) is 0.877. The third kappa shape index (κ3) is 2.85. The Morgan fingerprint density at radius 3 is 2.84 bits per heavy atom. The summed E-state index contributed by atoms with van der Waals surface area (Å²) in [6.07, 6.45) is 2.56. The highest BCUT2D eigenvalue weighted by Crippen LogP contribution is 2.23. The van der Waals surface area contributed by atoms with E-state index in [-0.39, 0.29) is 17.4 Å². The molecule has 2 heterocycles. The molecular formula is C14H22N4O. The van der Waals surface area contributed by atoms with Crippen LogP contribution in [0.3, 0.4) is 0 Å². The second-order valence-electron chi connectivity index (χ2n) is 5.90. The van der Waals surface area contributed by atoms with Crippen LogP contribution in [-0.2, 0) is 10.2 Å². The van der Waals surface area contributed by atoms with Gasteiger partial charge >= 0.3 is 0 Å². The summed E-state index contributed by atoms with van der Waals surface area (Å²) in [4.78, 5) is 22.9. The lowest BCUT2D eigenvalue weighted by molar-refractivity contribution is -0.123. The number of carbonyl (C=O) groups excluding carboxylic acids is 1. The molecule has 1 aliphatic heterocycles. The summed E-state index contributed by atoms with van der Waals surface area (Å²) in [6, 6.07) is 1.76. The van der Waals surface area contributed by atoms with E-state index in [1.807, 2.05) is 13.0 Å². The summed E-state index contributed by atoms with van der Waals surface area (Å²) in [5.74, 6) is 1.75. The number of anilines is 1. The van der Waals surface area contributed by atoms with Crippen molar-refractivity contribution in [2.24, 2.45) is 0 Å². The van der Waals surface area contributed by atoms with Gasteiger partial charge in [0.1, 0.15) is 17.7 Å². The third-order valence-corrected chi connectivity index (χ3v) is 3.32. The van der Waals surface area contributed by atoms with E-state index in [4.69, 9.17) is 0 Å². The molecule has 1 amide bonds. The van der Waals surface area contributed by atoms with Crippen LogP contribution in [0.1, 0.15) is 39.9 Å². The molecule has 2 rings (SSSR count). The van der Waals surface area contributed by atoms with Crippen LogP contribution in [-0.4, -0.2) is 35.0 Å². The molecule has 5 nitrogen and oxygen atoms in total. The van der Waals surface area contributed by atoms with E-state index in [1.165, 1.54) is 0 Å². The highest BCUT2D eigenvalue weighted by Gasteiger charge is 2.29. The van der Waals surface area contributed by atoms with Crippen molar-refractivity contribution in [3.05, 3.63) is 18.1 Å². The number of amides is 1. The van der Waals surface area contributed by atoms with Gasteiger partial charge in [0.25, 0.3) is 0 Å². The maximum atomic E-state index is 11.9. The van der Waals surface area contributed by atoms with Crippen LogP contribution in [0.4, 0.5) is 5.82 Å². The van der Waals surface area contributed by atoms with Crippen molar-refractivity contribution in [2.45, 2.75) is 45.6 Å². The summed E-state index contributed by atoms with van der Waals surface area (Å²) in [6.45, 7) is 9.76. The molecule has 1 aliphatic rings. The van der Waals surface area contributed by atoms with Crippen molar-refractivity contribution >= 4 is 11.7 Å². The minimum atomic E-state index is -0.128. The first-order valence-electron chi connectivity index (χ1n) is 6.81. The van der Waals surface area contributed by atoms with Gasteiger partial charge in [-0.1, -0.05) is 27.7 Å². The third-order valence-electron chi connectivity index (χ3n) is 3.32. The van der Waals surface area contributed by atoms with Gasteiger partial charge in [-0.3, -0.25) is 4.79 Å². The average Bonchev–Trinajstić information content (AvgIpc) is 2.37. The summed E-state index contributed by atoms with van der Waals surface area (Å²) in [7, 11) is 0. The van der Waals surface area contributed by atoms with Gasteiger partial charge in [-0.05, 0) is 12.5 Å². The first kappa shape index (κ1) is 13.8. The maximum absolute atomic E-state index is 11.9. The second kappa shape index (κ2) is 5.15. The van der Waals surface area contributed by atoms with Crippen molar-refractivity contribution in [1.29, 1.82) is 0 Å². The Labute approximate surface area is 114 Å². The summed E-state index contributed by atoms with van der Waals surface area (Å²) in [5, 5.41) is 2.90. The molecule has 0 aromatic carbocycles. The van der Waals surface area contributed by atoms with E-state index in [0.29, 0.717) is 6.54 Å². The topological polar surface area (TPSA) is 58.1 Å². The number of rotatable bonds is 2. The Morgan fingerprint density at radius 2 is 2.21 bits per heavy atom. The van der Waals surface area contributed by atoms with Crippen molar-refractivity contribution in [1.82, 2.24) is 15.3 Å². The maximum Gasteiger partial charge on any atom is 0.242 e. The fourth-order valence-corrected chi connectivity index (χ4v) is 2.27. The van der Waals surface area contributed by atoms with Crippen LogP contribution in [0, 0.1) is 0 Å². The van der Waals surface area contributed by atoms with E-state index in [2.05, 4.69) is 41.0 Å². The number of carbonyl (C=O) groups is 1. The van der Waals surface area contributed by atoms with Crippen molar-refractivity contribution in [3.63, 3.8) is 0 Å². The van der Waals surface area contributed by atoms with Crippen LogP contribution < -0.4 is 10.2 Å². The van der Waals surface area contributed by atoms with E-state index >= 15 is 0 Å². The van der Waals surface area contributed by atoms with Crippen molar-refractivity contribution < 1.29 is 4.79 Å². The average molecular weight is 262 g/mol. The lowest BCUT2D eigenvalue weighted by atomic mass is 9.96. The molecule has 5 heteroatoms. The molecule has 0 radical (unpaired) electrons. The zero-order valence-electron chi connectivity index (χ0n) is 12.1. The molecule has 19 heavy (non-hydrogen) atoms. The van der Waals surface area contributed by atoms with Gasteiger partial charge in [0.15, 0.2) is 0 Å². The Hall–Kier alpha value is -1.65. The van der Waals surface area contributed by atoms with Crippen LogP contribution in [0.2, 0.25) is 0 Å². The molecule has 0 unspecified atom stereocenters.